The first-order valence-electron chi connectivity index (χ1n) is 7.46. The van der Waals surface area contributed by atoms with Gasteiger partial charge in [0, 0.05) is 31.2 Å². The number of carbonyl (C=O) groups is 1. The van der Waals surface area contributed by atoms with Crippen molar-refractivity contribution >= 4 is 5.78 Å². The normalized spacial score (nSPS) is 22.8. The fourth-order valence-corrected chi connectivity index (χ4v) is 2.82. The molecule has 0 aromatic heterocycles. The van der Waals surface area contributed by atoms with Crippen molar-refractivity contribution < 1.29 is 4.79 Å². The summed E-state index contributed by atoms with van der Waals surface area (Å²) in [6.07, 6.45) is 0. The maximum absolute atomic E-state index is 12.7. The summed E-state index contributed by atoms with van der Waals surface area (Å²) in [4.78, 5) is 17.4. The van der Waals surface area contributed by atoms with Crippen molar-refractivity contribution in [1.29, 1.82) is 0 Å². The summed E-state index contributed by atoms with van der Waals surface area (Å²) in [6.45, 7) is 11.3. The van der Waals surface area contributed by atoms with Crippen LogP contribution < -0.4 is 0 Å². The Labute approximate surface area is 122 Å². The highest BCUT2D eigenvalue weighted by Crippen LogP contribution is 2.18. The number of piperazine rings is 1. The average molecular weight is 274 g/mol. The van der Waals surface area contributed by atoms with Crippen LogP contribution >= 0.6 is 0 Å². The zero-order valence-electron chi connectivity index (χ0n) is 13.3. The minimum atomic E-state index is -0.0355. The summed E-state index contributed by atoms with van der Waals surface area (Å²) in [6, 6.07) is 6.61. The first-order valence-corrected chi connectivity index (χ1v) is 7.46. The molecule has 0 aliphatic carbocycles. The van der Waals surface area contributed by atoms with E-state index in [1.807, 2.05) is 32.9 Å². The Bertz CT molecular complexity index is 498. The number of nitrogens with zero attached hydrogens (tertiary/aromatic N) is 2. The fraction of sp³-hybridized carbons (Fsp3) is 0.588. The first kappa shape index (κ1) is 15.2. The van der Waals surface area contributed by atoms with Crippen molar-refractivity contribution in [1.82, 2.24) is 9.80 Å². The molecule has 0 spiro atoms. The summed E-state index contributed by atoms with van der Waals surface area (Å²) >= 11 is 0. The van der Waals surface area contributed by atoms with Crippen LogP contribution in [0.1, 0.15) is 35.3 Å². The van der Waals surface area contributed by atoms with Crippen molar-refractivity contribution in [3.05, 3.63) is 34.9 Å². The third kappa shape index (κ3) is 3.10. The number of benzene rings is 1. The van der Waals surface area contributed by atoms with E-state index in [4.69, 9.17) is 0 Å². The maximum Gasteiger partial charge on any atom is 0.179 e. The van der Waals surface area contributed by atoms with E-state index in [0.29, 0.717) is 6.04 Å². The molecule has 1 heterocycles. The Morgan fingerprint density at radius 2 is 2.00 bits per heavy atom. The Morgan fingerprint density at radius 3 is 2.65 bits per heavy atom. The van der Waals surface area contributed by atoms with Gasteiger partial charge in [-0.05, 0) is 46.4 Å². The van der Waals surface area contributed by atoms with Gasteiger partial charge in [-0.1, -0.05) is 17.7 Å². The van der Waals surface area contributed by atoms with Crippen LogP contribution in [0.5, 0.6) is 0 Å². The molecule has 1 aromatic carbocycles. The van der Waals surface area contributed by atoms with E-state index in [-0.39, 0.29) is 11.8 Å². The monoisotopic (exact) mass is 274 g/mol. The van der Waals surface area contributed by atoms with Crippen LogP contribution in [0.2, 0.25) is 0 Å². The highest BCUT2D eigenvalue weighted by atomic mass is 16.1. The van der Waals surface area contributed by atoms with Crippen molar-refractivity contribution in [3.8, 4) is 0 Å². The predicted octanol–water partition coefficient (Wildman–Crippen LogP) is 2.51. The van der Waals surface area contributed by atoms with Crippen LogP contribution in [0.4, 0.5) is 0 Å². The Hall–Kier alpha value is -1.19. The molecule has 20 heavy (non-hydrogen) atoms. The molecule has 110 valence electrons. The van der Waals surface area contributed by atoms with Crippen LogP contribution in [0.3, 0.4) is 0 Å². The molecule has 1 aliphatic rings. The van der Waals surface area contributed by atoms with Gasteiger partial charge in [0.2, 0.25) is 0 Å². The molecule has 1 fully saturated rings. The number of ketones is 1. The zero-order chi connectivity index (χ0) is 14.9. The van der Waals surface area contributed by atoms with Gasteiger partial charge in [-0.15, -0.1) is 0 Å². The topological polar surface area (TPSA) is 23.6 Å². The lowest BCUT2D eigenvalue weighted by atomic mass is 9.97. The molecular weight excluding hydrogens is 248 g/mol. The van der Waals surface area contributed by atoms with E-state index < -0.39 is 0 Å². The van der Waals surface area contributed by atoms with Gasteiger partial charge in [0.15, 0.2) is 5.78 Å². The molecule has 0 saturated carbocycles. The summed E-state index contributed by atoms with van der Waals surface area (Å²) in [7, 11) is 2.15. The van der Waals surface area contributed by atoms with E-state index in [9.17, 15) is 4.79 Å². The van der Waals surface area contributed by atoms with Crippen molar-refractivity contribution in [2.45, 2.75) is 39.8 Å². The average Bonchev–Trinajstić information content (AvgIpc) is 2.43. The quantitative estimate of drug-likeness (QED) is 0.791. The van der Waals surface area contributed by atoms with E-state index >= 15 is 0 Å². The van der Waals surface area contributed by atoms with Gasteiger partial charge in [-0.3, -0.25) is 9.69 Å². The number of hydrogen-bond acceptors (Lipinski definition) is 3. The summed E-state index contributed by atoms with van der Waals surface area (Å²) in [5.74, 6) is 0.253. The van der Waals surface area contributed by atoms with Crippen LogP contribution in [-0.2, 0) is 0 Å². The number of Topliss-reactive ketones (excluding diaryl/α,β-unsaturated/α-hetero) is 1. The minimum Gasteiger partial charge on any atom is -0.301 e. The van der Waals surface area contributed by atoms with E-state index in [1.165, 1.54) is 0 Å². The molecule has 1 aliphatic heterocycles. The van der Waals surface area contributed by atoms with Gasteiger partial charge in [0.05, 0.1) is 6.04 Å². The van der Waals surface area contributed by atoms with Crippen molar-refractivity contribution in [3.63, 3.8) is 0 Å². The SMILES string of the molecule is Cc1ccc(C)c(C(=O)C(C)N2CCN(C)C(C)C2)c1. The van der Waals surface area contributed by atoms with Crippen molar-refractivity contribution in [2.75, 3.05) is 26.7 Å². The van der Waals surface area contributed by atoms with Crippen LogP contribution in [-0.4, -0.2) is 54.3 Å². The van der Waals surface area contributed by atoms with Gasteiger partial charge < -0.3 is 4.90 Å². The molecule has 2 atom stereocenters. The number of carbonyl (C=O) groups excluding carboxylic acids is 1. The van der Waals surface area contributed by atoms with E-state index in [2.05, 4.69) is 29.8 Å². The largest absolute Gasteiger partial charge is 0.301 e. The van der Waals surface area contributed by atoms with Gasteiger partial charge in [-0.25, -0.2) is 0 Å². The standard InChI is InChI=1S/C17H26N2O/c1-12-6-7-13(2)16(10-12)17(20)15(4)19-9-8-18(5)14(3)11-19/h6-7,10,14-15H,8-9,11H2,1-5H3. The number of rotatable bonds is 3. The van der Waals surface area contributed by atoms with E-state index in [1.54, 1.807) is 0 Å². The molecule has 2 unspecified atom stereocenters. The number of aryl methyl sites for hydroxylation is 2. The molecule has 0 radical (unpaired) electrons. The molecule has 0 N–H and O–H groups in total. The zero-order valence-corrected chi connectivity index (χ0v) is 13.3. The van der Waals surface area contributed by atoms with Crippen LogP contribution in [0.25, 0.3) is 0 Å². The Balaban J connectivity index is 2.14. The summed E-state index contributed by atoms with van der Waals surface area (Å²) in [5, 5.41) is 0. The van der Waals surface area contributed by atoms with Gasteiger partial charge >= 0.3 is 0 Å². The highest BCUT2D eigenvalue weighted by Gasteiger charge is 2.28. The smallest absolute Gasteiger partial charge is 0.179 e. The summed E-state index contributed by atoms with van der Waals surface area (Å²) in [5.41, 5.74) is 3.11. The fourth-order valence-electron chi connectivity index (χ4n) is 2.82. The molecule has 0 bridgehead atoms. The maximum atomic E-state index is 12.7. The Kier molecular flexibility index (Phi) is 4.61. The molecule has 3 heteroatoms. The van der Waals surface area contributed by atoms with Gasteiger partial charge in [-0.2, -0.15) is 0 Å². The molecule has 2 rings (SSSR count). The lowest BCUT2D eigenvalue weighted by Crippen LogP contribution is -2.54. The number of likely N-dealkylation sites (N-methyl/N-ethyl adjacent to an activating group) is 1. The van der Waals surface area contributed by atoms with Crippen LogP contribution in [0.15, 0.2) is 18.2 Å². The van der Waals surface area contributed by atoms with Crippen LogP contribution in [0, 0.1) is 13.8 Å². The second-order valence-electron chi connectivity index (χ2n) is 6.18. The lowest BCUT2D eigenvalue weighted by Gasteiger charge is -2.40. The van der Waals surface area contributed by atoms with Crippen molar-refractivity contribution in [2.24, 2.45) is 0 Å². The highest BCUT2D eigenvalue weighted by molar-refractivity contribution is 6.01. The third-order valence-corrected chi connectivity index (χ3v) is 4.58. The van der Waals surface area contributed by atoms with Gasteiger partial charge in [0.25, 0.3) is 0 Å². The molecule has 1 aromatic rings. The second-order valence-corrected chi connectivity index (χ2v) is 6.18. The minimum absolute atomic E-state index is 0.0355. The Morgan fingerprint density at radius 1 is 1.30 bits per heavy atom. The van der Waals surface area contributed by atoms with E-state index in [0.717, 1.165) is 36.3 Å². The number of hydrogen-bond donors (Lipinski definition) is 0. The third-order valence-electron chi connectivity index (χ3n) is 4.58. The van der Waals surface area contributed by atoms with Gasteiger partial charge in [0.1, 0.15) is 0 Å². The summed E-state index contributed by atoms with van der Waals surface area (Å²) < 4.78 is 0. The molecule has 0 amide bonds. The predicted molar refractivity (Wildman–Crippen MR) is 83.4 cm³/mol. The molecular formula is C17H26N2O. The lowest BCUT2D eigenvalue weighted by molar-refractivity contribution is 0.0603. The molecule has 1 saturated heterocycles. The molecule has 3 nitrogen and oxygen atoms in total. The second kappa shape index (κ2) is 6.06. The first-order chi connectivity index (χ1) is 9.40.